The molecule has 0 heterocycles. The first-order chi connectivity index (χ1) is 20.9. The molecule has 0 atom stereocenters. The largest absolute Gasteiger partial charge is 0.423 e. The van der Waals surface area contributed by atoms with E-state index in [1.54, 1.807) is 60.7 Å². The van der Waals surface area contributed by atoms with Gasteiger partial charge in [0.2, 0.25) is 0 Å². The molecule has 3 N–H and O–H groups in total. The van der Waals surface area contributed by atoms with Gasteiger partial charge >= 0.3 is 17.8 Å². The van der Waals surface area contributed by atoms with Crippen LogP contribution in [0.15, 0.2) is 120 Å². The van der Waals surface area contributed by atoms with Crippen molar-refractivity contribution in [2.45, 2.75) is 6.92 Å². The lowest BCUT2D eigenvalue weighted by Gasteiger charge is -2.11. The maximum absolute atomic E-state index is 12.8. The molecule has 0 unspecified atom stereocenters. The smallest absolute Gasteiger partial charge is 0.344 e. The van der Waals surface area contributed by atoms with Crippen LogP contribution >= 0.6 is 0 Å². The summed E-state index contributed by atoms with van der Waals surface area (Å²) in [6.07, 6.45) is 1.34. The number of nitrogens with zero attached hydrogens (tertiary/aromatic N) is 1. The van der Waals surface area contributed by atoms with Crippen molar-refractivity contribution in [1.29, 1.82) is 0 Å². The van der Waals surface area contributed by atoms with Gasteiger partial charge in [0.15, 0.2) is 0 Å². The average Bonchev–Trinajstić information content (AvgIpc) is 3.02. The Labute approximate surface area is 247 Å². The highest BCUT2D eigenvalue weighted by atomic mass is 16.5. The minimum Gasteiger partial charge on any atom is -0.423 e. The number of carbonyl (C=O) groups is 4. The van der Waals surface area contributed by atoms with Crippen LogP contribution in [-0.2, 0) is 9.59 Å². The summed E-state index contributed by atoms with van der Waals surface area (Å²) in [6, 6.07) is 33.1. The number of rotatable bonds is 7. The van der Waals surface area contributed by atoms with Crippen molar-refractivity contribution < 1.29 is 23.9 Å². The molecule has 5 rings (SSSR count). The normalized spacial score (nSPS) is 10.7. The van der Waals surface area contributed by atoms with E-state index in [0.717, 1.165) is 16.3 Å². The zero-order chi connectivity index (χ0) is 30.2. The van der Waals surface area contributed by atoms with E-state index in [0.29, 0.717) is 22.6 Å². The molecule has 0 aromatic heterocycles. The fourth-order valence-corrected chi connectivity index (χ4v) is 4.21. The third-order valence-corrected chi connectivity index (χ3v) is 6.42. The molecule has 0 aliphatic heterocycles. The minimum atomic E-state index is -1.02. The number of benzene rings is 5. The number of esters is 1. The summed E-state index contributed by atoms with van der Waals surface area (Å²) in [7, 11) is 0. The lowest BCUT2D eigenvalue weighted by atomic mass is 10.0. The number of hydrazone groups is 1. The molecule has 212 valence electrons. The monoisotopic (exact) mass is 570 g/mol. The lowest BCUT2D eigenvalue weighted by Crippen LogP contribution is -2.33. The van der Waals surface area contributed by atoms with E-state index in [-0.39, 0.29) is 11.3 Å². The Kier molecular flexibility index (Phi) is 8.63. The van der Waals surface area contributed by atoms with E-state index in [9.17, 15) is 19.2 Å². The van der Waals surface area contributed by atoms with Crippen LogP contribution in [0.5, 0.6) is 5.75 Å². The molecule has 0 spiro atoms. The summed E-state index contributed by atoms with van der Waals surface area (Å²) in [6.45, 7) is 1.94. The Morgan fingerprint density at radius 1 is 0.674 bits per heavy atom. The van der Waals surface area contributed by atoms with Gasteiger partial charge in [-0.15, -0.1) is 0 Å². The summed E-state index contributed by atoms with van der Waals surface area (Å²) in [4.78, 5) is 50.4. The van der Waals surface area contributed by atoms with Crippen molar-refractivity contribution in [2.24, 2.45) is 5.10 Å². The van der Waals surface area contributed by atoms with Crippen molar-refractivity contribution in [3.63, 3.8) is 0 Å². The minimum absolute atomic E-state index is 0.171. The molecule has 9 nitrogen and oxygen atoms in total. The van der Waals surface area contributed by atoms with Crippen LogP contribution in [0.3, 0.4) is 0 Å². The number of carbonyl (C=O) groups excluding carboxylic acids is 4. The van der Waals surface area contributed by atoms with Crippen LogP contribution < -0.4 is 20.8 Å². The first-order valence-corrected chi connectivity index (χ1v) is 13.3. The maximum Gasteiger partial charge on any atom is 0.344 e. The molecule has 3 amide bonds. The summed E-state index contributed by atoms with van der Waals surface area (Å²) in [5, 5.41) is 10.8. The number of anilines is 2. The SMILES string of the molecule is Cc1ccc(NC(=O)c2ccccc2NC(=O)C(=O)NN=Cc2ccc(OC(=O)c3cccc4ccccc34)cc2)cc1. The van der Waals surface area contributed by atoms with Gasteiger partial charge in [-0.1, -0.05) is 66.2 Å². The number of hydrogen-bond acceptors (Lipinski definition) is 6. The molecule has 9 heteroatoms. The van der Waals surface area contributed by atoms with Gasteiger partial charge in [0, 0.05) is 5.69 Å². The van der Waals surface area contributed by atoms with E-state index in [2.05, 4.69) is 21.2 Å². The Morgan fingerprint density at radius 2 is 1.35 bits per heavy atom. The fourth-order valence-electron chi connectivity index (χ4n) is 4.21. The molecule has 0 aliphatic rings. The van der Waals surface area contributed by atoms with Crippen molar-refractivity contribution in [1.82, 2.24) is 5.43 Å². The van der Waals surface area contributed by atoms with Gasteiger partial charge in [-0.25, -0.2) is 10.2 Å². The van der Waals surface area contributed by atoms with Crippen molar-refractivity contribution in [2.75, 3.05) is 10.6 Å². The number of amides is 3. The van der Waals surface area contributed by atoms with E-state index in [1.807, 2.05) is 49.4 Å². The molecule has 0 saturated heterocycles. The van der Waals surface area contributed by atoms with Crippen molar-refractivity contribution >= 4 is 52.1 Å². The topological polar surface area (TPSA) is 126 Å². The highest BCUT2D eigenvalue weighted by molar-refractivity contribution is 6.40. The fraction of sp³-hybridized carbons (Fsp3) is 0.0294. The number of aryl methyl sites for hydroxylation is 1. The van der Waals surface area contributed by atoms with E-state index in [1.165, 1.54) is 18.3 Å². The quantitative estimate of drug-likeness (QED) is 0.0760. The standard InChI is InChI=1S/C34H26N4O5/c1-22-13-17-25(18-14-22)36-31(39)29-10-4-5-12-30(29)37-32(40)33(41)38-35-21-23-15-19-26(20-16-23)43-34(42)28-11-6-8-24-7-2-3-9-27(24)28/h2-21H,1H3,(H,36,39)(H,37,40)(H,38,41). The molecule has 0 saturated carbocycles. The van der Waals surface area contributed by atoms with E-state index in [4.69, 9.17) is 4.74 Å². The summed E-state index contributed by atoms with van der Waals surface area (Å²) >= 11 is 0. The van der Waals surface area contributed by atoms with Crippen LogP contribution in [-0.4, -0.2) is 29.9 Å². The van der Waals surface area contributed by atoms with Crippen molar-refractivity contribution in [3.05, 3.63) is 138 Å². The summed E-state index contributed by atoms with van der Waals surface area (Å²) in [5.74, 6) is -2.60. The first kappa shape index (κ1) is 28.4. The number of hydrogen-bond donors (Lipinski definition) is 3. The molecule has 0 fully saturated rings. The van der Waals surface area contributed by atoms with Crippen molar-refractivity contribution in [3.8, 4) is 5.75 Å². The Morgan fingerprint density at radius 3 is 2.14 bits per heavy atom. The van der Waals surface area contributed by atoms with Gasteiger partial charge in [0.25, 0.3) is 5.91 Å². The predicted octanol–water partition coefficient (Wildman–Crippen LogP) is 5.71. The average molecular weight is 571 g/mol. The van der Waals surface area contributed by atoms with Gasteiger partial charge in [-0.2, -0.15) is 5.10 Å². The number of fused-ring (bicyclic) bond motifs is 1. The lowest BCUT2D eigenvalue weighted by molar-refractivity contribution is -0.136. The number of ether oxygens (including phenoxy) is 1. The van der Waals surface area contributed by atoms with Gasteiger partial charge < -0.3 is 15.4 Å². The molecule has 0 radical (unpaired) electrons. The second-order valence-electron chi connectivity index (χ2n) is 9.50. The molecule has 5 aromatic rings. The Hall–Kier alpha value is -6.09. The predicted molar refractivity (Wildman–Crippen MR) is 165 cm³/mol. The number of nitrogens with one attached hydrogen (secondary N) is 3. The third-order valence-electron chi connectivity index (χ3n) is 6.42. The zero-order valence-corrected chi connectivity index (χ0v) is 23.0. The van der Waals surface area contributed by atoms with Crippen LogP contribution in [0, 0.1) is 6.92 Å². The Balaban J connectivity index is 1.15. The van der Waals surface area contributed by atoms with Gasteiger partial charge in [0.05, 0.1) is 23.0 Å². The maximum atomic E-state index is 12.8. The van der Waals surface area contributed by atoms with E-state index >= 15 is 0 Å². The third kappa shape index (κ3) is 7.17. The van der Waals surface area contributed by atoms with Gasteiger partial charge in [-0.05, 0) is 77.9 Å². The zero-order valence-electron chi connectivity index (χ0n) is 23.0. The second-order valence-corrected chi connectivity index (χ2v) is 9.50. The van der Waals surface area contributed by atoms with Gasteiger partial charge in [0.1, 0.15) is 5.75 Å². The van der Waals surface area contributed by atoms with E-state index < -0.39 is 23.7 Å². The first-order valence-electron chi connectivity index (χ1n) is 13.3. The highest BCUT2D eigenvalue weighted by Crippen LogP contribution is 2.21. The van der Waals surface area contributed by atoms with Gasteiger partial charge in [-0.3, -0.25) is 14.4 Å². The van der Waals surface area contributed by atoms with Crippen LogP contribution in [0.2, 0.25) is 0 Å². The van der Waals surface area contributed by atoms with Crippen LogP contribution in [0.1, 0.15) is 31.8 Å². The summed E-state index contributed by atoms with van der Waals surface area (Å²) < 4.78 is 5.52. The molecule has 0 aliphatic carbocycles. The number of para-hydroxylation sites is 1. The molecule has 5 aromatic carbocycles. The highest BCUT2D eigenvalue weighted by Gasteiger charge is 2.18. The van der Waals surface area contributed by atoms with Crippen LogP contribution in [0.25, 0.3) is 10.8 Å². The molecule has 0 bridgehead atoms. The summed E-state index contributed by atoms with van der Waals surface area (Å²) in [5.41, 5.74) is 5.21. The van der Waals surface area contributed by atoms with Crippen LogP contribution in [0.4, 0.5) is 11.4 Å². The Bertz CT molecular complexity index is 1840. The molecular formula is C34H26N4O5. The molecule has 43 heavy (non-hydrogen) atoms. The second kappa shape index (κ2) is 13.0. The molecular weight excluding hydrogens is 544 g/mol.